The summed E-state index contributed by atoms with van der Waals surface area (Å²) in [5.74, 6) is -1.27. The highest BCUT2D eigenvalue weighted by molar-refractivity contribution is 6.23. The van der Waals surface area contributed by atoms with E-state index >= 15 is 0 Å². The second-order valence-corrected chi connectivity index (χ2v) is 8.15. The molecule has 1 aromatic heterocycles. The van der Waals surface area contributed by atoms with E-state index in [2.05, 4.69) is 0 Å². The second-order valence-electron chi connectivity index (χ2n) is 8.15. The van der Waals surface area contributed by atoms with E-state index in [-0.39, 0.29) is 16.9 Å². The number of phenols is 1. The average Bonchev–Trinajstić information content (AvgIpc) is 3.50. The lowest BCUT2D eigenvalue weighted by molar-refractivity contribution is -0.384. The van der Waals surface area contributed by atoms with E-state index in [1.165, 1.54) is 35.2 Å². The summed E-state index contributed by atoms with van der Waals surface area (Å²) in [6.45, 7) is 0. The van der Waals surface area contributed by atoms with Crippen LogP contribution in [0.1, 0.15) is 21.7 Å². The average molecular weight is 494 g/mol. The molecular weight excluding hydrogens is 476 g/mol. The van der Waals surface area contributed by atoms with Crippen molar-refractivity contribution in [3.8, 4) is 17.1 Å². The maximum atomic E-state index is 13.5. The van der Waals surface area contributed by atoms with Crippen molar-refractivity contribution in [1.29, 1.82) is 0 Å². The van der Waals surface area contributed by atoms with Crippen molar-refractivity contribution < 1.29 is 29.1 Å². The van der Waals surface area contributed by atoms with Gasteiger partial charge in [-0.3, -0.25) is 19.8 Å². The highest BCUT2D eigenvalue weighted by atomic mass is 16.6. The molecule has 1 amide bonds. The van der Waals surface area contributed by atoms with Crippen LogP contribution in [0.15, 0.2) is 101 Å². The summed E-state index contributed by atoms with van der Waals surface area (Å²) < 4.78 is 5.87. The van der Waals surface area contributed by atoms with Gasteiger partial charge in [-0.2, -0.15) is 0 Å². The highest BCUT2D eigenvalue weighted by Gasteiger charge is 2.31. The summed E-state index contributed by atoms with van der Waals surface area (Å²) in [6.07, 6.45) is 3.25. The number of aromatic hydroxyl groups is 1. The van der Waals surface area contributed by atoms with E-state index in [1.807, 2.05) is 30.3 Å². The first-order valence-electron chi connectivity index (χ1n) is 11.1. The lowest BCUT2D eigenvalue weighted by Crippen LogP contribution is -2.25. The topological polar surface area (TPSA) is 134 Å². The second kappa shape index (κ2) is 9.31. The van der Waals surface area contributed by atoms with Crippen LogP contribution in [0.3, 0.4) is 0 Å². The molecule has 9 heteroatoms. The minimum Gasteiger partial charge on any atom is -0.507 e. The van der Waals surface area contributed by atoms with Crippen LogP contribution in [0.25, 0.3) is 23.1 Å². The fraction of sp³-hybridized carbons (Fsp3) is 0. The van der Waals surface area contributed by atoms with Crippen molar-refractivity contribution in [3.63, 3.8) is 0 Å². The summed E-state index contributed by atoms with van der Waals surface area (Å²) in [4.78, 5) is 36.9. The Balaban J connectivity index is 1.53. The molecule has 0 fully saturated rings. The van der Waals surface area contributed by atoms with Gasteiger partial charge in [-0.25, -0.2) is 4.79 Å². The first-order chi connectivity index (χ1) is 17.8. The molecule has 0 spiro atoms. The number of carbonyl (C=O) groups is 2. The number of hydrogen-bond donors (Lipinski definition) is 2. The van der Waals surface area contributed by atoms with E-state index in [1.54, 1.807) is 36.4 Å². The molecule has 1 aliphatic heterocycles. The highest BCUT2D eigenvalue weighted by Crippen LogP contribution is 2.37. The molecule has 0 bridgehead atoms. The fourth-order valence-electron chi connectivity index (χ4n) is 4.01. The number of aromatic carboxylic acids is 1. The zero-order valence-corrected chi connectivity index (χ0v) is 19.1. The van der Waals surface area contributed by atoms with Crippen LogP contribution in [0.5, 0.6) is 5.75 Å². The van der Waals surface area contributed by atoms with Gasteiger partial charge in [0.25, 0.3) is 11.6 Å². The number of nitro benzene ring substituents is 1. The largest absolute Gasteiger partial charge is 0.507 e. The quantitative estimate of drug-likeness (QED) is 0.199. The smallest absolute Gasteiger partial charge is 0.339 e. The Hall–Kier alpha value is -5.44. The van der Waals surface area contributed by atoms with Gasteiger partial charge in [0.05, 0.1) is 16.3 Å². The Morgan fingerprint density at radius 1 is 0.946 bits per heavy atom. The van der Waals surface area contributed by atoms with E-state index in [9.17, 15) is 29.9 Å². The molecule has 0 saturated carbocycles. The molecule has 0 aliphatic carbocycles. The first-order valence-corrected chi connectivity index (χ1v) is 11.1. The van der Waals surface area contributed by atoms with Crippen LogP contribution in [0.2, 0.25) is 0 Å². The van der Waals surface area contributed by atoms with Gasteiger partial charge in [0.1, 0.15) is 22.8 Å². The van der Waals surface area contributed by atoms with Gasteiger partial charge in [0, 0.05) is 23.3 Å². The third kappa shape index (κ3) is 4.48. The van der Waals surface area contributed by atoms with Crippen LogP contribution < -0.4 is 4.90 Å². The zero-order valence-electron chi connectivity index (χ0n) is 19.1. The maximum Gasteiger partial charge on any atom is 0.339 e. The van der Waals surface area contributed by atoms with E-state index in [0.29, 0.717) is 28.4 Å². The standard InChI is InChI=1S/C28H18N2O7/c31-25-12-10-21(16-23(25)28(33)34)29-24(17-4-2-1-3-5-17)15-19(27(29)32)14-22-11-13-26(37-22)18-6-8-20(9-7-18)30(35)36/h1-16,31H,(H,33,34)/b19-14+. The van der Waals surface area contributed by atoms with Crippen molar-refractivity contribution >= 4 is 35.0 Å². The summed E-state index contributed by atoms with van der Waals surface area (Å²) in [5, 5.41) is 30.3. The SMILES string of the molecule is O=C(O)c1cc(N2C(=O)/C(=C/c3ccc(-c4ccc([N+](=O)[O-])cc4)o3)C=C2c2ccccc2)ccc1O. The maximum absolute atomic E-state index is 13.5. The Morgan fingerprint density at radius 3 is 2.35 bits per heavy atom. The molecule has 0 atom stereocenters. The van der Waals surface area contributed by atoms with E-state index in [4.69, 9.17) is 4.42 Å². The number of nitro groups is 1. The van der Waals surface area contributed by atoms with Crippen LogP contribution in [0, 0.1) is 10.1 Å². The van der Waals surface area contributed by atoms with Crippen molar-refractivity contribution in [1.82, 2.24) is 0 Å². The molecule has 37 heavy (non-hydrogen) atoms. The van der Waals surface area contributed by atoms with Gasteiger partial charge in [-0.15, -0.1) is 0 Å². The lowest BCUT2D eigenvalue weighted by Gasteiger charge is -2.21. The third-order valence-electron chi connectivity index (χ3n) is 5.81. The molecule has 2 heterocycles. The van der Waals surface area contributed by atoms with Crippen LogP contribution >= 0.6 is 0 Å². The van der Waals surface area contributed by atoms with Crippen molar-refractivity contribution in [2.75, 3.05) is 4.90 Å². The molecule has 2 N–H and O–H groups in total. The van der Waals surface area contributed by atoms with Crippen LogP contribution in [-0.4, -0.2) is 27.0 Å². The minimum absolute atomic E-state index is 0.0341. The Morgan fingerprint density at radius 2 is 1.68 bits per heavy atom. The van der Waals surface area contributed by atoms with Crippen molar-refractivity contribution in [2.45, 2.75) is 0 Å². The Labute approximate surface area is 210 Å². The van der Waals surface area contributed by atoms with Gasteiger partial charge >= 0.3 is 5.97 Å². The molecule has 0 radical (unpaired) electrons. The number of anilines is 1. The molecule has 3 aromatic carbocycles. The van der Waals surface area contributed by atoms with Crippen molar-refractivity contribution in [2.24, 2.45) is 0 Å². The number of amides is 1. The van der Waals surface area contributed by atoms with Gasteiger partial charge in [-0.05, 0) is 60.2 Å². The lowest BCUT2D eigenvalue weighted by atomic mass is 10.1. The predicted molar refractivity (Wildman–Crippen MR) is 136 cm³/mol. The van der Waals surface area contributed by atoms with Gasteiger partial charge in [0.15, 0.2) is 0 Å². The number of benzene rings is 3. The molecule has 4 aromatic rings. The summed E-state index contributed by atoms with van der Waals surface area (Å²) in [5.41, 5.74) is 2.12. The van der Waals surface area contributed by atoms with Crippen molar-refractivity contribution in [3.05, 3.63) is 124 Å². The molecule has 0 saturated heterocycles. The van der Waals surface area contributed by atoms with E-state index in [0.717, 1.165) is 5.56 Å². The van der Waals surface area contributed by atoms with Gasteiger partial charge < -0.3 is 14.6 Å². The molecular formula is C28H18N2O7. The summed E-state index contributed by atoms with van der Waals surface area (Å²) in [6, 6.07) is 22.4. The van der Waals surface area contributed by atoms with Gasteiger partial charge in [0.2, 0.25) is 0 Å². The van der Waals surface area contributed by atoms with Crippen LogP contribution in [-0.2, 0) is 4.79 Å². The number of carboxylic acid groups (broad SMARTS) is 1. The van der Waals surface area contributed by atoms with E-state index < -0.39 is 22.5 Å². The number of nitrogens with zero attached hydrogens (tertiary/aromatic N) is 2. The monoisotopic (exact) mass is 494 g/mol. The summed E-state index contributed by atoms with van der Waals surface area (Å²) in [7, 11) is 0. The predicted octanol–water partition coefficient (Wildman–Crippen LogP) is 5.73. The molecule has 182 valence electrons. The summed E-state index contributed by atoms with van der Waals surface area (Å²) >= 11 is 0. The first kappa shape index (κ1) is 23.3. The normalized spacial score (nSPS) is 14.2. The third-order valence-corrected chi connectivity index (χ3v) is 5.81. The van der Waals surface area contributed by atoms with Gasteiger partial charge in [-0.1, -0.05) is 30.3 Å². The number of non-ortho nitro benzene ring substituents is 1. The Bertz CT molecular complexity index is 1600. The fourth-order valence-corrected chi connectivity index (χ4v) is 4.01. The zero-order chi connectivity index (χ0) is 26.1. The Kier molecular flexibility index (Phi) is 5.86. The molecule has 9 nitrogen and oxygen atoms in total. The number of carbonyl (C=O) groups excluding carboxylic acids is 1. The molecule has 5 rings (SSSR count). The number of carboxylic acids is 1. The number of hydrogen-bond acceptors (Lipinski definition) is 6. The number of furan rings is 1. The number of rotatable bonds is 6. The minimum atomic E-state index is -1.32. The van der Waals surface area contributed by atoms with Crippen LogP contribution in [0.4, 0.5) is 11.4 Å². The molecule has 1 aliphatic rings. The molecule has 0 unspecified atom stereocenters.